The van der Waals surface area contributed by atoms with Crippen LogP contribution in [0.5, 0.6) is 17.2 Å². The third-order valence-electron chi connectivity index (χ3n) is 3.45. The second kappa shape index (κ2) is 6.52. The van der Waals surface area contributed by atoms with Gasteiger partial charge in [0, 0.05) is 18.7 Å². The Balaban J connectivity index is 2.12. The molecule has 0 spiro atoms. The smallest absolute Gasteiger partial charge is 0.164 e. The second-order valence-corrected chi connectivity index (χ2v) is 4.65. The summed E-state index contributed by atoms with van der Waals surface area (Å²) in [6, 6.07) is 3.76. The highest BCUT2D eigenvalue weighted by Crippen LogP contribution is 2.37. The minimum absolute atomic E-state index is 0.665. The van der Waals surface area contributed by atoms with Crippen molar-refractivity contribution in [3.05, 3.63) is 12.1 Å². The molecular formula is C14H22N2O3. The van der Waals surface area contributed by atoms with Gasteiger partial charge in [0.2, 0.25) is 0 Å². The first-order valence-electron chi connectivity index (χ1n) is 6.53. The molecule has 0 aliphatic carbocycles. The van der Waals surface area contributed by atoms with E-state index in [1.54, 1.807) is 21.3 Å². The molecule has 106 valence electrons. The van der Waals surface area contributed by atoms with Crippen molar-refractivity contribution in [1.29, 1.82) is 0 Å². The molecule has 1 unspecified atom stereocenters. The van der Waals surface area contributed by atoms with Crippen molar-refractivity contribution < 1.29 is 14.2 Å². The topological polar surface area (TPSA) is 51.8 Å². The van der Waals surface area contributed by atoms with E-state index in [1.807, 2.05) is 12.1 Å². The number of hydrogen-bond acceptors (Lipinski definition) is 5. The van der Waals surface area contributed by atoms with Crippen molar-refractivity contribution in [2.45, 2.75) is 6.42 Å². The zero-order valence-electron chi connectivity index (χ0n) is 11.8. The van der Waals surface area contributed by atoms with Gasteiger partial charge in [-0.3, -0.25) is 0 Å². The van der Waals surface area contributed by atoms with Crippen LogP contribution in [-0.4, -0.2) is 41.0 Å². The summed E-state index contributed by atoms with van der Waals surface area (Å²) in [4.78, 5) is 0. The molecule has 1 atom stereocenters. The Labute approximate surface area is 114 Å². The molecule has 1 saturated heterocycles. The summed E-state index contributed by atoms with van der Waals surface area (Å²) < 4.78 is 16.0. The predicted octanol–water partition coefficient (Wildman–Crippen LogP) is 1.73. The Morgan fingerprint density at radius 3 is 2.37 bits per heavy atom. The van der Waals surface area contributed by atoms with E-state index in [-0.39, 0.29) is 0 Å². The Kier molecular flexibility index (Phi) is 4.74. The average molecular weight is 266 g/mol. The number of rotatable bonds is 6. The molecule has 2 N–H and O–H groups in total. The maximum absolute atomic E-state index is 5.39. The first kappa shape index (κ1) is 13.8. The molecule has 0 aromatic heterocycles. The lowest BCUT2D eigenvalue weighted by molar-refractivity contribution is 0.349. The summed E-state index contributed by atoms with van der Waals surface area (Å²) in [7, 11) is 4.91. The maximum atomic E-state index is 5.39. The highest BCUT2D eigenvalue weighted by Gasteiger charge is 2.16. The average Bonchev–Trinajstić information content (AvgIpc) is 2.97. The monoisotopic (exact) mass is 266 g/mol. The van der Waals surface area contributed by atoms with Gasteiger partial charge in [-0.05, 0) is 25.4 Å². The third-order valence-corrected chi connectivity index (χ3v) is 3.45. The van der Waals surface area contributed by atoms with Crippen LogP contribution in [-0.2, 0) is 0 Å². The van der Waals surface area contributed by atoms with Crippen molar-refractivity contribution >= 4 is 5.69 Å². The molecule has 0 radical (unpaired) electrons. The highest BCUT2D eigenvalue weighted by atomic mass is 16.5. The van der Waals surface area contributed by atoms with Gasteiger partial charge in [-0.25, -0.2) is 0 Å². The Morgan fingerprint density at radius 1 is 1.11 bits per heavy atom. The Hall–Kier alpha value is -1.62. The van der Waals surface area contributed by atoms with E-state index in [0.29, 0.717) is 17.4 Å². The molecule has 2 rings (SSSR count). The van der Waals surface area contributed by atoms with E-state index in [0.717, 1.165) is 31.1 Å². The van der Waals surface area contributed by atoms with Crippen molar-refractivity contribution in [1.82, 2.24) is 5.32 Å². The van der Waals surface area contributed by atoms with Crippen molar-refractivity contribution in [3.63, 3.8) is 0 Å². The molecule has 0 saturated carbocycles. The van der Waals surface area contributed by atoms with Crippen LogP contribution >= 0.6 is 0 Å². The molecular weight excluding hydrogens is 244 g/mol. The van der Waals surface area contributed by atoms with Crippen LogP contribution in [0.4, 0.5) is 5.69 Å². The van der Waals surface area contributed by atoms with E-state index >= 15 is 0 Å². The first-order valence-corrected chi connectivity index (χ1v) is 6.53. The van der Waals surface area contributed by atoms with Gasteiger partial charge in [0.15, 0.2) is 11.5 Å². The minimum Gasteiger partial charge on any atom is -0.494 e. The molecule has 1 aliphatic rings. The number of ether oxygens (including phenoxy) is 3. The lowest BCUT2D eigenvalue weighted by atomic mass is 10.1. The van der Waals surface area contributed by atoms with E-state index in [4.69, 9.17) is 14.2 Å². The largest absolute Gasteiger partial charge is 0.494 e. The highest BCUT2D eigenvalue weighted by molar-refractivity contribution is 5.64. The van der Waals surface area contributed by atoms with E-state index in [1.165, 1.54) is 6.42 Å². The van der Waals surface area contributed by atoms with Gasteiger partial charge in [-0.1, -0.05) is 0 Å². The van der Waals surface area contributed by atoms with Crippen LogP contribution in [0, 0.1) is 5.92 Å². The van der Waals surface area contributed by atoms with Crippen molar-refractivity contribution in [2.75, 3.05) is 46.3 Å². The lowest BCUT2D eigenvalue weighted by Crippen LogP contribution is -2.17. The summed E-state index contributed by atoms with van der Waals surface area (Å²) >= 11 is 0. The summed E-state index contributed by atoms with van der Waals surface area (Å²) in [5.74, 6) is 2.81. The molecule has 0 amide bonds. The van der Waals surface area contributed by atoms with Gasteiger partial charge in [0.05, 0.1) is 27.0 Å². The van der Waals surface area contributed by atoms with E-state index in [2.05, 4.69) is 10.6 Å². The first-order chi connectivity index (χ1) is 9.28. The molecule has 1 aromatic carbocycles. The molecule has 19 heavy (non-hydrogen) atoms. The normalized spacial score (nSPS) is 18.2. The molecule has 0 bridgehead atoms. The van der Waals surface area contributed by atoms with Gasteiger partial charge >= 0.3 is 0 Å². The van der Waals surface area contributed by atoms with Crippen LogP contribution in [0.3, 0.4) is 0 Å². The van der Waals surface area contributed by atoms with E-state index in [9.17, 15) is 0 Å². The van der Waals surface area contributed by atoms with Gasteiger partial charge in [-0.2, -0.15) is 0 Å². The van der Waals surface area contributed by atoms with Crippen LogP contribution in [0.2, 0.25) is 0 Å². The predicted molar refractivity (Wildman–Crippen MR) is 75.6 cm³/mol. The molecule has 1 heterocycles. The van der Waals surface area contributed by atoms with Crippen molar-refractivity contribution in [3.8, 4) is 17.2 Å². The Bertz CT molecular complexity index is 417. The zero-order valence-corrected chi connectivity index (χ0v) is 11.8. The zero-order chi connectivity index (χ0) is 13.7. The summed E-state index contributed by atoms with van der Waals surface area (Å²) in [5, 5.41) is 6.79. The van der Waals surface area contributed by atoms with E-state index < -0.39 is 0 Å². The molecule has 1 fully saturated rings. The summed E-state index contributed by atoms with van der Waals surface area (Å²) in [6.45, 7) is 3.11. The lowest BCUT2D eigenvalue weighted by Gasteiger charge is -2.17. The Morgan fingerprint density at radius 2 is 1.79 bits per heavy atom. The fraction of sp³-hybridized carbons (Fsp3) is 0.571. The van der Waals surface area contributed by atoms with Crippen LogP contribution in [0.1, 0.15) is 6.42 Å². The number of nitrogens with one attached hydrogen (secondary N) is 2. The molecule has 5 heteroatoms. The maximum Gasteiger partial charge on any atom is 0.164 e. The van der Waals surface area contributed by atoms with Gasteiger partial charge in [-0.15, -0.1) is 0 Å². The standard InChI is InChI=1S/C14H22N2O3/c1-17-12-7-14(19-3)13(18-2)6-11(12)16-9-10-4-5-15-8-10/h6-7,10,15-16H,4-5,8-9H2,1-3H3. The third kappa shape index (κ3) is 3.23. The summed E-state index contributed by atoms with van der Waals surface area (Å²) in [6.07, 6.45) is 1.21. The van der Waals surface area contributed by atoms with Gasteiger partial charge in [0.1, 0.15) is 5.75 Å². The fourth-order valence-electron chi connectivity index (χ4n) is 2.31. The van der Waals surface area contributed by atoms with Crippen LogP contribution in [0.25, 0.3) is 0 Å². The molecule has 1 aliphatic heterocycles. The van der Waals surface area contributed by atoms with Crippen LogP contribution in [0.15, 0.2) is 12.1 Å². The van der Waals surface area contributed by atoms with Gasteiger partial charge < -0.3 is 24.8 Å². The molecule has 1 aromatic rings. The van der Waals surface area contributed by atoms with Crippen LogP contribution < -0.4 is 24.8 Å². The fourth-order valence-corrected chi connectivity index (χ4v) is 2.31. The number of anilines is 1. The van der Waals surface area contributed by atoms with Crippen molar-refractivity contribution in [2.24, 2.45) is 5.92 Å². The minimum atomic E-state index is 0.665. The van der Waals surface area contributed by atoms with Gasteiger partial charge in [0.25, 0.3) is 0 Å². The number of methoxy groups -OCH3 is 3. The number of benzene rings is 1. The quantitative estimate of drug-likeness (QED) is 0.821. The SMILES string of the molecule is COc1cc(OC)c(OC)cc1NCC1CCNC1. The second-order valence-electron chi connectivity index (χ2n) is 4.65. The number of hydrogen-bond donors (Lipinski definition) is 2. The molecule has 5 nitrogen and oxygen atoms in total. The summed E-state index contributed by atoms with van der Waals surface area (Å²) in [5.41, 5.74) is 0.937.